The van der Waals surface area contributed by atoms with Crippen LogP contribution in [0, 0.1) is 0 Å². The Hall–Kier alpha value is -1.77. The summed E-state index contributed by atoms with van der Waals surface area (Å²) in [7, 11) is 1.77. The molecule has 8 heteroatoms. The van der Waals surface area contributed by atoms with E-state index < -0.39 is 0 Å². The van der Waals surface area contributed by atoms with Crippen molar-refractivity contribution < 1.29 is 4.74 Å². The van der Waals surface area contributed by atoms with Crippen LogP contribution in [0.3, 0.4) is 0 Å². The lowest BCUT2D eigenvalue weighted by molar-refractivity contribution is 0.0447. The first-order chi connectivity index (χ1) is 12.1. The number of hydrogen-bond acceptors (Lipinski definition) is 7. The molecule has 8 nitrogen and oxygen atoms in total. The summed E-state index contributed by atoms with van der Waals surface area (Å²) in [4.78, 5) is 15.0. The second-order valence-electron chi connectivity index (χ2n) is 6.60. The monoisotopic (exact) mass is 349 g/mol. The number of nitrogens with two attached hydrogens (primary N) is 2. The van der Waals surface area contributed by atoms with E-state index in [-0.39, 0.29) is 6.10 Å². The first kappa shape index (κ1) is 19.6. The maximum absolute atomic E-state index is 5.84. The lowest BCUT2D eigenvalue weighted by atomic mass is 10.2. The van der Waals surface area contributed by atoms with Crippen LogP contribution in [0.1, 0.15) is 33.1 Å². The molecule has 1 atom stereocenters. The van der Waals surface area contributed by atoms with Crippen molar-refractivity contribution in [2.45, 2.75) is 51.8 Å². The van der Waals surface area contributed by atoms with Gasteiger partial charge < -0.3 is 20.8 Å². The largest absolute Gasteiger partial charge is 0.382 e. The predicted octanol–water partition coefficient (Wildman–Crippen LogP) is 1.26. The van der Waals surface area contributed by atoms with Crippen LogP contribution in [-0.4, -0.2) is 63.3 Å². The number of fused-ring (bicyclic) bond motifs is 1. The molecule has 0 fully saturated rings. The highest BCUT2D eigenvalue weighted by atomic mass is 16.5. The summed E-state index contributed by atoms with van der Waals surface area (Å²) in [6.45, 7) is 7.92. The summed E-state index contributed by atoms with van der Waals surface area (Å²) >= 11 is 0. The Morgan fingerprint density at radius 2 is 2.04 bits per heavy atom. The van der Waals surface area contributed by atoms with Gasteiger partial charge in [0.2, 0.25) is 0 Å². The standard InChI is InChI=1S/C17H31N7O/c1-13(2)23(8-5-4-7-18)10-14(25-3)6-9-24-12-22-15-16(19)20-11-21-17(15)24/h11-14H,4-10,18H2,1-3H3,(H2,19,20,21). The second-order valence-corrected chi connectivity index (χ2v) is 6.60. The SMILES string of the molecule is COC(CCn1cnc2c(N)ncnc21)CN(CCCCN)C(C)C. The van der Waals surface area contributed by atoms with Gasteiger partial charge in [-0.1, -0.05) is 0 Å². The van der Waals surface area contributed by atoms with Crippen molar-refractivity contribution in [3.05, 3.63) is 12.7 Å². The highest BCUT2D eigenvalue weighted by Crippen LogP contribution is 2.15. The van der Waals surface area contributed by atoms with E-state index in [1.807, 2.05) is 4.57 Å². The zero-order chi connectivity index (χ0) is 18.2. The minimum Gasteiger partial charge on any atom is -0.382 e. The number of aromatic nitrogens is 4. The van der Waals surface area contributed by atoms with Gasteiger partial charge in [-0.15, -0.1) is 0 Å². The summed E-state index contributed by atoms with van der Waals surface area (Å²) in [6.07, 6.45) is 6.45. The van der Waals surface area contributed by atoms with Crippen molar-refractivity contribution in [2.75, 3.05) is 32.5 Å². The Morgan fingerprint density at radius 3 is 2.72 bits per heavy atom. The van der Waals surface area contributed by atoms with E-state index in [9.17, 15) is 0 Å². The highest BCUT2D eigenvalue weighted by Gasteiger charge is 2.17. The Kier molecular flexibility index (Phi) is 7.54. The maximum Gasteiger partial charge on any atom is 0.165 e. The van der Waals surface area contributed by atoms with Gasteiger partial charge in [0, 0.05) is 26.2 Å². The fourth-order valence-electron chi connectivity index (χ4n) is 2.91. The van der Waals surface area contributed by atoms with Gasteiger partial charge in [0.05, 0.1) is 12.4 Å². The molecule has 140 valence electrons. The van der Waals surface area contributed by atoms with Crippen LogP contribution in [0.5, 0.6) is 0 Å². The molecule has 2 rings (SSSR count). The molecule has 0 aliphatic heterocycles. The topological polar surface area (TPSA) is 108 Å². The van der Waals surface area contributed by atoms with Crippen molar-refractivity contribution in [1.82, 2.24) is 24.4 Å². The molecule has 0 saturated carbocycles. The van der Waals surface area contributed by atoms with E-state index in [4.69, 9.17) is 16.2 Å². The fourth-order valence-corrected chi connectivity index (χ4v) is 2.91. The molecule has 0 radical (unpaired) electrons. The van der Waals surface area contributed by atoms with Crippen LogP contribution in [0.2, 0.25) is 0 Å². The van der Waals surface area contributed by atoms with E-state index in [0.29, 0.717) is 17.4 Å². The van der Waals surface area contributed by atoms with Crippen LogP contribution < -0.4 is 11.5 Å². The number of anilines is 1. The zero-order valence-electron chi connectivity index (χ0n) is 15.6. The van der Waals surface area contributed by atoms with E-state index in [2.05, 4.69) is 33.7 Å². The van der Waals surface area contributed by atoms with Gasteiger partial charge >= 0.3 is 0 Å². The van der Waals surface area contributed by atoms with Crippen molar-refractivity contribution >= 4 is 17.0 Å². The molecule has 25 heavy (non-hydrogen) atoms. The van der Waals surface area contributed by atoms with Gasteiger partial charge in [-0.3, -0.25) is 4.90 Å². The quantitative estimate of drug-likeness (QED) is 0.588. The van der Waals surface area contributed by atoms with E-state index in [1.54, 1.807) is 13.4 Å². The van der Waals surface area contributed by atoms with Gasteiger partial charge in [-0.2, -0.15) is 0 Å². The van der Waals surface area contributed by atoms with Gasteiger partial charge in [-0.05, 0) is 46.2 Å². The minimum absolute atomic E-state index is 0.150. The van der Waals surface area contributed by atoms with Crippen molar-refractivity contribution in [1.29, 1.82) is 0 Å². The van der Waals surface area contributed by atoms with Crippen molar-refractivity contribution in [2.24, 2.45) is 5.73 Å². The molecule has 0 spiro atoms. The second kappa shape index (κ2) is 9.65. The third-order valence-corrected chi connectivity index (χ3v) is 4.52. The lowest BCUT2D eigenvalue weighted by Crippen LogP contribution is -2.39. The van der Waals surface area contributed by atoms with Crippen LogP contribution in [0.15, 0.2) is 12.7 Å². The van der Waals surface area contributed by atoms with E-state index in [0.717, 1.165) is 51.1 Å². The average Bonchev–Trinajstić information content (AvgIpc) is 3.01. The average molecular weight is 349 g/mol. The molecule has 4 N–H and O–H groups in total. The number of ether oxygens (including phenoxy) is 1. The Morgan fingerprint density at radius 1 is 1.24 bits per heavy atom. The van der Waals surface area contributed by atoms with Gasteiger partial charge in [-0.25, -0.2) is 15.0 Å². The fraction of sp³-hybridized carbons (Fsp3) is 0.706. The van der Waals surface area contributed by atoms with Gasteiger partial charge in [0.1, 0.15) is 11.8 Å². The number of rotatable bonds is 11. The number of hydrogen-bond donors (Lipinski definition) is 2. The normalized spacial score (nSPS) is 13.2. The first-order valence-electron chi connectivity index (χ1n) is 8.95. The first-order valence-corrected chi connectivity index (χ1v) is 8.95. The Balaban J connectivity index is 1.95. The number of nitrogen functional groups attached to an aromatic ring is 1. The number of nitrogens with zero attached hydrogens (tertiary/aromatic N) is 5. The Labute approximate surface area is 149 Å². The highest BCUT2D eigenvalue weighted by molar-refractivity contribution is 5.80. The molecule has 2 aromatic heterocycles. The van der Waals surface area contributed by atoms with Crippen LogP contribution >= 0.6 is 0 Å². The Bertz CT molecular complexity index is 643. The van der Waals surface area contributed by atoms with Crippen molar-refractivity contribution in [3.63, 3.8) is 0 Å². The summed E-state index contributed by atoms with van der Waals surface area (Å²) in [5.74, 6) is 0.415. The molecule has 0 aromatic carbocycles. The van der Waals surface area contributed by atoms with Crippen LogP contribution in [0.4, 0.5) is 5.82 Å². The molecule has 0 saturated heterocycles. The van der Waals surface area contributed by atoms with E-state index in [1.165, 1.54) is 6.33 Å². The number of methoxy groups -OCH3 is 1. The van der Waals surface area contributed by atoms with Gasteiger partial charge in [0.15, 0.2) is 11.5 Å². The smallest absolute Gasteiger partial charge is 0.165 e. The number of unbranched alkanes of at least 4 members (excludes halogenated alkanes) is 1. The molecular weight excluding hydrogens is 318 g/mol. The molecule has 0 aliphatic rings. The molecular formula is C17H31N7O. The summed E-state index contributed by atoms with van der Waals surface area (Å²) in [5.41, 5.74) is 12.9. The van der Waals surface area contributed by atoms with Crippen LogP contribution in [0.25, 0.3) is 11.2 Å². The summed E-state index contributed by atoms with van der Waals surface area (Å²) in [5, 5.41) is 0. The molecule has 2 aromatic rings. The van der Waals surface area contributed by atoms with E-state index >= 15 is 0 Å². The molecule has 0 aliphatic carbocycles. The lowest BCUT2D eigenvalue weighted by Gasteiger charge is -2.30. The summed E-state index contributed by atoms with van der Waals surface area (Å²) < 4.78 is 7.72. The third kappa shape index (κ3) is 5.35. The van der Waals surface area contributed by atoms with Gasteiger partial charge in [0.25, 0.3) is 0 Å². The van der Waals surface area contributed by atoms with Crippen molar-refractivity contribution in [3.8, 4) is 0 Å². The molecule has 0 amide bonds. The number of imidazole rings is 1. The van der Waals surface area contributed by atoms with Crippen LogP contribution in [-0.2, 0) is 11.3 Å². The zero-order valence-corrected chi connectivity index (χ0v) is 15.6. The number of aryl methyl sites for hydroxylation is 1. The molecule has 1 unspecified atom stereocenters. The molecule has 2 heterocycles. The minimum atomic E-state index is 0.150. The predicted molar refractivity (Wildman–Crippen MR) is 100 cm³/mol. The maximum atomic E-state index is 5.84. The molecule has 0 bridgehead atoms. The summed E-state index contributed by atoms with van der Waals surface area (Å²) in [6, 6.07) is 0.483. The third-order valence-electron chi connectivity index (χ3n) is 4.52.